The summed E-state index contributed by atoms with van der Waals surface area (Å²) in [5, 5.41) is 12.6. The van der Waals surface area contributed by atoms with Crippen molar-refractivity contribution >= 4 is 5.91 Å². The molecule has 0 fully saturated rings. The molecule has 1 amide bonds. The Bertz CT molecular complexity index is 594. The summed E-state index contributed by atoms with van der Waals surface area (Å²) in [4.78, 5) is 12.1. The van der Waals surface area contributed by atoms with Crippen LogP contribution in [0.1, 0.15) is 23.3 Å². The highest BCUT2D eigenvalue weighted by molar-refractivity contribution is 5.85. The molecule has 1 aliphatic rings. The molecule has 0 bridgehead atoms. The van der Waals surface area contributed by atoms with Gasteiger partial charge < -0.3 is 19.6 Å². The van der Waals surface area contributed by atoms with Gasteiger partial charge in [-0.3, -0.25) is 4.79 Å². The van der Waals surface area contributed by atoms with Crippen molar-refractivity contribution in [3.63, 3.8) is 0 Å². The van der Waals surface area contributed by atoms with E-state index in [9.17, 15) is 9.90 Å². The number of ether oxygens (including phenoxy) is 1. The Hall–Kier alpha value is -2.27. The molecule has 0 saturated carbocycles. The van der Waals surface area contributed by atoms with Gasteiger partial charge in [0.2, 0.25) is 5.91 Å². The van der Waals surface area contributed by atoms with Gasteiger partial charge in [0.1, 0.15) is 30.1 Å². The molecule has 104 valence electrons. The van der Waals surface area contributed by atoms with Crippen molar-refractivity contribution in [3.8, 4) is 5.75 Å². The minimum atomic E-state index is -0.841. The van der Waals surface area contributed by atoms with E-state index in [0.29, 0.717) is 12.4 Å². The smallest absolute Gasteiger partial charge is 0.231 e. The molecule has 0 spiro atoms. The zero-order chi connectivity index (χ0) is 13.9. The molecule has 0 aliphatic carbocycles. The van der Waals surface area contributed by atoms with Gasteiger partial charge in [-0.15, -0.1) is 0 Å². The second kappa shape index (κ2) is 5.38. The Morgan fingerprint density at radius 3 is 3.00 bits per heavy atom. The quantitative estimate of drug-likeness (QED) is 0.887. The molecule has 20 heavy (non-hydrogen) atoms. The van der Waals surface area contributed by atoms with Gasteiger partial charge in [-0.2, -0.15) is 0 Å². The van der Waals surface area contributed by atoms with Crippen molar-refractivity contribution in [1.29, 1.82) is 0 Å². The third-order valence-corrected chi connectivity index (χ3v) is 3.36. The molecule has 5 nitrogen and oxygen atoms in total. The van der Waals surface area contributed by atoms with Gasteiger partial charge in [0.15, 0.2) is 0 Å². The van der Waals surface area contributed by atoms with Crippen molar-refractivity contribution < 1.29 is 19.1 Å². The zero-order valence-electron chi connectivity index (χ0n) is 10.8. The summed E-state index contributed by atoms with van der Waals surface area (Å²) in [5.41, 5.74) is 0.887. The number of benzene rings is 1. The lowest BCUT2D eigenvalue weighted by Crippen LogP contribution is -2.33. The van der Waals surface area contributed by atoms with Gasteiger partial charge in [0.05, 0.1) is 12.8 Å². The summed E-state index contributed by atoms with van der Waals surface area (Å²) >= 11 is 0. The number of fused-ring (bicyclic) bond motifs is 1. The Kier molecular flexibility index (Phi) is 3.43. The molecule has 1 aromatic heterocycles. The fourth-order valence-corrected chi connectivity index (χ4v) is 2.28. The number of para-hydroxylation sites is 1. The third-order valence-electron chi connectivity index (χ3n) is 3.36. The van der Waals surface area contributed by atoms with E-state index in [1.807, 2.05) is 24.3 Å². The predicted octanol–water partition coefficient (Wildman–Crippen LogP) is 1.61. The van der Waals surface area contributed by atoms with E-state index in [1.54, 1.807) is 12.1 Å². The van der Waals surface area contributed by atoms with Crippen LogP contribution in [0.25, 0.3) is 0 Å². The number of rotatable bonds is 4. The van der Waals surface area contributed by atoms with Gasteiger partial charge in [-0.1, -0.05) is 18.2 Å². The lowest BCUT2D eigenvalue weighted by atomic mass is 10.0. The van der Waals surface area contributed by atoms with Crippen LogP contribution in [0, 0.1) is 0 Å². The summed E-state index contributed by atoms with van der Waals surface area (Å²) in [7, 11) is 0. The van der Waals surface area contributed by atoms with Crippen molar-refractivity contribution in [2.45, 2.75) is 12.0 Å². The van der Waals surface area contributed by atoms with Crippen LogP contribution in [0.3, 0.4) is 0 Å². The van der Waals surface area contributed by atoms with Gasteiger partial charge in [0.25, 0.3) is 0 Å². The predicted molar refractivity (Wildman–Crippen MR) is 71.4 cm³/mol. The molecule has 2 atom stereocenters. The molecule has 2 aromatic rings. The SMILES string of the molecule is O=C(NC[C@@H](O)c1ccco1)[C@@H]1COc2ccccc21. The van der Waals surface area contributed by atoms with Crippen molar-refractivity contribution in [2.24, 2.45) is 0 Å². The first-order valence-electron chi connectivity index (χ1n) is 6.46. The average molecular weight is 273 g/mol. The first kappa shape index (κ1) is 12.7. The zero-order valence-corrected chi connectivity index (χ0v) is 10.8. The summed E-state index contributed by atoms with van der Waals surface area (Å²) in [6, 6.07) is 10.9. The maximum atomic E-state index is 12.1. The summed E-state index contributed by atoms with van der Waals surface area (Å²) in [6.07, 6.45) is 0.646. The number of hydrogen-bond acceptors (Lipinski definition) is 4. The number of carbonyl (C=O) groups is 1. The summed E-state index contributed by atoms with van der Waals surface area (Å²) in [6.45, 7) is 0.451. The largest absolute Gasteiger partial charge is 0.492 e. The van der Waals surface area contributed by atoms with E-state index >= 15 is 0 Å². The number of amides is 1. The molecule has 0 unspecified atom stereocenters. The maximum absolute atomic E-state index is 12.1. The number of nitrogens with one attached hydrogen (secondary N) is 1. The van der Waals surface area contributed by atoms with Gasteiger partial charge in [0, 0.05) is 5.56 Å². The van der Waals surface area contributed by atoms with Crippen LogP contribution in [-0.4, -0.2) is 24.2 Å². The number of carbonyl (C=O) groups excluding carboxylic acids is 1. The Morgan fingerprint density at radius 1 is 1.35 bits per heavy atom. The highest BCUT2D eigenvalue weighted by Crippen LogP contribution is 2.33. The van der Waals surface area contributed by atoms with E-state index in [1.165, 1.54) is 6.26 Å². The van der Waals surface area contributed by atoms with Crippen LogP contribution in [0.4, 0.5) is 0 Å². The van der Waals surface area contributed by atoms with Crippen LogP contribution in [0.5, 0.6) is 5.75 Å². The lowest BCUT2D eigenvalue weighted by Gasteiger charge is -2.12. The Labute approximate surface area is 116 Å². The first-order chi connectivity index (χ1) is 9.75. The van der Waals surface area contributed by atoms with Crippen LogP contribution >= 0.6 is 0 Å². The van der Waals surface area contributed by atoms with Crippen LogP contribution in [0.2, 0.25) is 0 Å². The lowest BCUT2D eigenvalue weighted by molar-refractivity contribution is -0.123. The fraction of sp³-hybridized carbons (Fsp3) is 0.267. The molecule has 0 radical (unpaired) electrons. The minimum absolute atomic E-state index is 0.116. The monoisotopic (exact) mass is 273 g/mol. The molecule has 2 N–H and O–H groups in total. The number of aliphatic hydroxyl groups is 1. The highest BCUT2D eigenvalue weighted by Gasteiger charge is 2.30. The molecule has 0 saturated heterocycles. The minimum Gasteiger partial charge on any atom is -0.492 e. The third kappa shape index (κ3) is 2.40. The number of furan rings is 1. The Morgan fingerprint density at radius 2 is 2.20 bits per heavy atom. The van der Waals surface area contributed by atoms with Crippen molar-refractivity contribution in [3.05, 3.63) is 54.0 Å². The topological polar surface area (TPSA) is 71.7 Å². The second-order valence-electron chi connectivity index (χ2n) is 4.68. The Balaban J connectivity index is 1.61. The van der Waals surface area contributed by atoms with Crippen LogP contribution < -0.4 is 10.1 Å². The van der Waals surface area contributed by atoms with Gasteiger partial charge in [-0.05, 0) is 18.2 Å². The molecule has 2 heterocycles. The van der Waals surface area contributed by atoms with Crippen LogP contribution in [0.15, 0.2) is 47.1 Å². The summed E-state index contributed by atoms with van der Waals surface area (Å²) in [5.74, 6) is 0.711. The second-order valence-corrected chi connectivity index (χ2v) is 4.68. The fourth-order valence-electron chi connectivity index (χ4n) is 2.28. The summed E-state index contributed by atoms with van der Waals surface area (Å²) < 4.78 is 10.6. The van der Waals surface area contributed by atoms with Crippen LogP contribution in [-0.2, 0) is 4.79 Å². The number of aliphatic hydroxyl groups excluding tert-OH is 1. The molecule has 1 aromatic carbocycles. The van der Waals surface area contributed by atoms with E-state index in [-0.39, 0.29) is 18.4 Å². The van der Waals surface area contributed by atoms with Gasteiger partial charge >= 0.3 is 0 Å². The molecular weight excluding hydrogens is 258 g/mol. The van der Waals surface area contributed by atoms with E-state index < -0.39 is 6.10 Å². The van der Waals surface area contributed by atoms with E-state index in [0.717, 1.165) is 11.3 Å². The van der Waals surface area contributed by atoms with E-state index in [4.69, 9.17) is 9.15 Å². The standard InChI is InChI=1S/C15H15NO4/c17-12(14-6-3-7-19-14)8-16-15(18)11-9-20-13-5-2-1-4-10(11)13/h1-7,11-12,17H,8-9H2,(H,16,18)/t11-,12-/m1/s1. The van der Waals surface area contributed by atoms with E-state index in [2.05, 4.69) is 5.32 Å². The average Bonchev–Trinajstić information content (AvgIpc) is 3.13. The highest BCUT2D eigenvalue weighted by atomic mass is 16.5. The van der Waals surface area contributed by atoms with Crippen molar-refractivity contribution in [1.82, 2.24) is 5.32 Å². The molecular formula is C15H15NO4. The molecule has 3 rings (SSSR count). The molecule has 5 heteroatoms. The molecule has 1 aliphatic heterocycles. The van der Waals surface area contributed by atoms with Gasteiger partial charge in [-0.25, -0.2) is 0 Å². The first-order valence-corrected chi connectivity index (χ1v) is 6.46. The number of hydrogen-bond donors (Lipinski definition) is 2. The maximum Gasteiger partial charge on any atom is 0.231 e. The normalized spacial score (nSPS) is 18.1. The van der Waals surface area contributed by atoms with Crippen molar-refractivity contribution in [2.75, 3.05) is 13.2 Å².